The van der Waals surface area contributed by atoms with E-state index in [2.05, 4.69) is 15.6 Å². The molecule has 0 spiro atoms. The minimum atomic E-state index is 0.435. The first-order valence-corrected chi connectivity index (χ1v) is 5.90. The van der Waals surface area contributed by atoms with Gasteiger partial charge in [-0.2, -0.15) is 0 Å². The summed E-state index contributed by atoms with van der Waals surface area (Å²) in [5.41, 5.74) is 0. The smallest absolute Gasteiger partial charge is 0.202 e. The molecular formula is C11H20N4O. The Morgan fingerprint density at radius 3 is 3.06 bits per heavy atom. The molecule has 5 nitrogen and oxygen atoms in total. The zero-order chi connectivity index (χ0) is 11.2. The van der Waals surface area contributed by atoms with Crippen LogP contribution in [0.15, 0.2) is 12.4 Å². The summed E-state index contributed by atoms with van der Waals surface area (Å²) in [6, 6.07) is 0. The highest BCUT2D eigenvalue weighted by molar-refractivity contribution is 5.24. The lowest BCUT2D eigenvalue weighted by atomic mass is 10.1. The van der Waals surface area contributed by atoms with Crippen molar-refractivity contribution >= 4 is 5.95 Å². The summed E-state index contributed by atoms with van der Waals surface area (Å²) in [5, 5.41) is 6.57. The predicted octanol–water partition coefficient (Wildman–Crippen LogP) is 0.601. The van der Waals surface area contributed by atoms with Crippen molar-refractivity contribution in [2.45, 2.75) is 18.9 Å². The van der Waals surface area contributed by atoms with Crippen LogP contribution in [-0.2, 0) is 11.8 Å². The van der Waals surface area contributed by atoms with Crippen LogP contribution in [-0.4, -0.2) is 41.9 Å². The average molecular weight is 224 g/mol. The van der Waals surface area contributed by atoms with Crippen molar-refractivity contribution in [3.8, 4) is 0 Å². The molecule has 1 aliphatic rings. The van der Waals surface area contributed by atoms with Gasteiger partial charge in [-0.25, -0.2) is 4.98 Å². The Hall–Kier alpha value is -1.07. The Morgan fingerprint density at radius 1 is 1.56 bits per heavy atom. The quantitative estimate of drug-likeness (QED) is 0.719. The summed E-state index contributed by atoms with van der Waals surface area (Å²) >= 11 is 0. The van der Waals surface area contributed by atoms with Gasteiger partial charge >= 0.3 is 0 Å². The van der Waals surface area contributed by atoms with E-state index >= 15 is 0 Å². The molecule has 1 fully saturated rings. The molecule has 0 radical (unpaired) electrons. The monoisotopic (exact) mass is 224 g/mol. The van der Waals surface area contributed by atoms with Crippen molar-refractivity contribution in [3.63, 3.8) is 0 Å². The summed E-state index contributed by atoms with van der Waals surface area (Å²) in [6.07, 6.45) is 6.40. The lowest BCUT2D eigenvalue weighted by Gasteiger charge is -2.22. The van der Waals surface area contributed by atoms with Crippen LogP contribution in [0.4, 0.5) is 5.95 Å². The summed E-state index contributed by atoms with van der Waals surface area (Å²) in [6.45, 7) is 3.72. The summed E-state index contributed by atoms with van der Waals surface area (Å²) in [7, 11) is 1.98. The first-order chi connectivity index (χ1) is 7.86. The molecule has 0 bridgehead atoms. The summed E-state index contributed by atoms with van der Waals surface area (Å²) in [4.78, 5) is 4.19. The Kier molecular flexibility index (Phi) is 4.18. The first-order valence-electron chi connectivity index (χ1n) is 5.90. The normalized spacial score (nSPS) is 17.6. The summed E-state index contributed by atoms with van der Waals surface area (Å²) < 4.78 is 7.74. The molecule has 1 aromatic rings. The minimum Gasteiger partial charge on any atom is -0.376 e. The number of hydrogen-bond donors (Lipinski definition) is 2. The van der Waals surface area contributed by atoms with E-state index in [9.17, 15) is 0 Å². The highest BCUT2D eigenvalue weighted by atomic mass is 16.5. The van der Waals surface area contributed by atoms with Gasteiger partial charge in [-0.15, -0.1) is 0 Å². The van der Waals surface area contributed by atoms with Gasteiger partial charge in [0.15, 0.2) is 0 Å². The first kappa shape index (κ1) is 11.4. The standard InChI is InChI=1S/C11H20N4O/c1-15-8-6-13-11(15)14-7-9-16-10-2-4-12-5-3-10/h6,8,10,12H,2-5,7,9H2,1H3,(H,13,14). The number of aryl methyl sites for hydroxylation is 1. The van der Waals surface area contributed by atoms with E-state index < -0.39 is 0 Å². The maximum Gasteiger partial charge on any atom is 0.202 e. The molecule has 1 aromatic heterocycles. The highest BCUT2D eigenvalue weighted by Crippen LogP contribution is 2.07. The van der Waals surface area contributed by atoms with Crippen molar-refractivity contribution in [1.29, 1.82) is 0 Å². The van der Waals surface area contributed by atoms with Crippen molar-refractivity contribution in [2.24, 2.45) is 7.05 Å². The lowest BCUT2D eigenvalue weighted by Crippen LogP contribution is -2.33. The van der Waals surface area contributed by atoms with E-state index in [-0.39, 0.29) is 0 Å². The summed E-state index contributed by atoms with van der Waals surface area (Å²) in [5.74, 6) is 0.897. The molecule has 16 heavy (non-hydrogen) atoms. The Balaban J connectivity index is 1.59. The van der Waals surface area contributed by atoms with E-state index in [1.54, 1.807) is 6.20 Å². The zero-order valence-electron chi connectivity index (χ0n) is 9.78. The Labute approximate surface area is 96.2 Å². The van der Waals surface area contributed by atoms with Gasteiger partial charge < -0.3 is 19.9 Å². The second kappa shape index (κ2) is 5.86. The van der Waals surface area contributed by atoms with E-state index in [1.165, 1.54) is 0 Å². The van der Waals surface area contributed by atoms with Crippen LogP contribution in [0.3, 0.4) is 0 Å². The van der Waals surface area contributed by atoms with Crippen LogP contribution in [0, 0.1) is 0 Å². The number of nitrogens with one attached hydrogen (secondary N) is 2. The SMILES string of the molecule is Cn1ccnc1NCCOC1CCNCC1. The maximum absolute atomic E-state index is 5.78. The number of aromatic nitrogens is 2. The Bertz CT molecular complexity index is 307. The van der Waals surface area contributed by atoms with Crippen LogP contribution in [0.25, 0.3) is 0 Å². The largest absolute Gasteiger partial charge is 0.376 e. The molecule has 0 atom stereocenters. The van der Waals surface area contributed by atoms with Crippen LogP contribution in [0.2, 0.25) is 0 Å². The van der Waals surface area contributed by atoms with Crippen LogP contribution < -0.4 is 10.6 Å². The molecule has 5 heteroatoms. The molecular weight excluding hydrogens is 204 g/mol. The van der Waals surface area contributed by atoms with Gasteiger partial charge in [0.2, 0.25) is 5.95 Å². The van der Waals surface area contributed by atoms with Crippen LogP contribution >= 0.6 is 0 Å². The predicted molar refractivity (Wildman–Crippen MR) is 63.5 cm³/mol. The zero-order valence-corrected chi connectivity index (χ0v) is 9.78. The van der Waals surface area contributed by atoms with Gasteiger partial charge in [-0.1, -0.05) is 0 Å². The van der Waals surface area contributed by atoms with Gasteiger partial charge in [0, 0.05) is 26.0 Å². The molecule has 0 amide bonds. The number of nitrogens with zero attached hydrogens (tertiary/aromatic N) is 2. The molecule has 0 saturated carbocycles. The number of ether oxygens (including phenoxy) is 1. The number of rotatable bonds is 5. The van der Waals surface area contributed by atoms with Gasteiger partial charge in [0.1, 0.15) is 0 Å². The van der Waals surface area contributed by atoms with Gasteiger partial charge in [0.05, 0.1) is 12.7 Å². The van der Waals surface area contributed by atoms with Crippen molar-refractivity contribution in [1.82, 2.24) is 14.9 Å². The molecule has 0 aliphatic carbocycles. The number of hydrogen-bond acceptors (Lipinski definition) is 4. The van der Waals surface area contributed by atoms with Crippen LogP contribution in [0.5, 0.6) is 0 Å². The second-order valence-electron chi connectivity index (χ2n) is 4.11. The van der Waals surface area contributed by atoms with Crippen molar-refractivity contribution in [2.75, 3.05) is 31.6 Å². The molecule has 0 aromatic carbocycles. The fourth-order valence-electron chi connectivity index (χ4n) is 1.89. The van der Waals surface area contributed by atoms with Gasteiger partial charge in [-0.05, 0) is 25.9 Å². The van der Waals surface area contributed by atoms with Gasteiger partial charge in [-0.3, -0.25) is 0 Å². The second-order valence-corrected chi connectivity index (χ2v) is 4.11. The van der Waals surface area contributed by atoms with E-state index in [4.69, 9.17) is 4.74 Å². The third kappa shape index (κ3) is 3.21. The van der Waals surface area contributed by atoms with Crippen molar-refractivity contribution in [3.05, 3.63) is 12.4 Å². The average Bonchev–Trinajstić information content (AvgIpc) is 2.72. The fraction of sp³-hybridized carbons (Fsp3) is 0.727. The van der Waals surface area contributed by atoms with E-state index in [1.807, 2.05) is 17.8 Å². The highest BCUT2D eigenvalue weighted by Gasteiger charge is 2.12. The molecule has 1 saturated heterocycles. The van der Waals surface area contributed by atoms with E-state index in [0.717, 1.165) is 45.0 Å². The maximum atomic E-state index is 5.78. The number of anilines is 1. The number of piperidine rings is 1. The molecule has 2 heterocycles. The van der Waals surface area contributed by atoms with Crippen LogP contribution in [0.1, 0.15) is 12.8 Å². The molecule has 1 aliphatic heterocycles. The number of imidazole rings is 1. The van der Waals surface area contributed by atoms with Gasteiger partial charge in [0.25, 0.3) is 0 Å². The topological polar surface area (TPSA) is 51.1 Å². The third-order valence-electron chi connectivity index (χ3n) is 2.85. The molecule has 90 valence electrons. The Morgan fingerprint density at radius 2 is 2.38 bits per heavy atom. The fourth-order valence-corrected chi connectivity index (χ4v) is 1.89. The van der Waals surface area contributed by atoms with E-state index in [0.29, 0.717) is 6.10 Å². The lowest BCUT2D eigenvalue weighted by molar-refractivity contribution is 0.0393. The molecule has 2 N–H and O–H groups in total. The van der Waals surface area contributed by atoms with Crippen molar-refractivity contribution < 1.29 is 4.74 Å². The minimum absolute atomic E-state index is 0.435. The molecule has 2 rings (SSSR count). The molecule has 0 unspecified atom stereocenters. The third-order valence-corrected chi connectivity index (χ3v) is 2.85.